The van der Waals surface area contributed by atoms with Gasteiger partial charge in [-0.25, -0.2) is 0 Å². The van der Waals surface area contributed by atoms with Crippen LogP contribution in [0.5, 0.6) is 0 Å². The molecule has 2 aromatic carbocycles. The van der Waals surface area contributed by atoms with E-state index in [0.717, 1.165) is 27.8 Å². The maximum atomic E-state index is 12.6. The van der Waals surface area contributed by atoms with Crippen LogP contribution < -0.4 is 5.32 Å². The number of hydrogen-bond donors (Lipinski definition) is 1. The number of rotatable bonds is 4. The van der Waals surface area contributed by atoms with Crippen molar-refractivity contribution < 1.29 is 14.4 Å². The van der Waals surface area contributed by atoms with Crippen molar-refractivity contribution in [1.82, 2.24) is 15.2 Å². The van der Waals surface area contributed by atoms with Crippen LogP contribution in [0.4, 0.5) is 0 Å². The van der Waals surface area contributed by atoms with Crippen LogP contribution in [-0.2, 0) is 22.7 Å². The SMILES string of the molecule is O=C1CCC(c2cccc(-c3ccc(CN4Cc5ccncc5C4=O)cc3)c2Cl)C(=O)N1. The van der Waals surface area contributed by atoms with E-state index in [1.807, 2.05) is 48.5 Å². The number of nitrogens with zero attached hydrogens (tertiary/aromatic N) is 2. The fraction of sp³-hybridized carbons (Fsp3) is 0.200. The van der Waals surface area contributed by atoms with Gasteiger partial charge in [0.2, 0.25) is 11.8 Å². The molecule has 1 aromatic heterocycles. The molecule has 1 saturated heterocycles. The first kappa shape index (κ1) is 20.4. The topological polar surface area (TPSA) is 79.4 Å². The summed E-state index contributed by atoms with van der Waals surface area (Å²) in [6.45, 7) is 1.09. The van der Waals surface area contributed by atoms with Gasteiger partial charge in [-0.3, -0.25) is 24.7 Å². The summed E-state index contributed by atoms with van der Waals surface area (Å²) in [4.78, 5) is 42.2. The van der Waals surface area contributed by atoms with Crippen molar-refractivity contribution in [3.8, 4) is 11.1 Å². The molecular formula is C25H20ClN3O3. The lowest BCUT2D eigenvalue weighted by molar-refractivity contribution is -0.134. The first-order valence-corrected chi connectivity index (χ1v) is 10.8. The second-order valence-corrected chi connectivity index (χ2v) is 8.48. The Balaban J connectivity index is 1.35. The van der Waals surface area contributed by atoms with Gasteiger partial charge in [0, 0.05) is 37.5 Å². The number of halogens is 1. The van der Waals surface area contributed by atoms with Crippen LogP contribution in [0.2, 0.25) is 5.02 Å². The van der Waals surface area contributed by atoms with E-state index in [2.05, 4.69) is 10.3 Å². The minimum Gasteiger partial charge on any atom is -0.330 e. The Morgan fingerprint density at radius 1 is 1.03 bits per heavy atom. The standard InChI is InChI=1S/C25H20ClN3O3/c26-23-18(2-1-3-19(23)20-8-9-22(30)28-24(20)31)16-6-4-15(5-7-16)13-29-14-17-10-11-27-12-21(17)25(29)32/h1-7,10-12,20H,8-9,13-14H2,(H,28,30,31). The van der Waals surface area contributed by atoms with Gasteiger partial charge < -0.3 is 4.90 Å². The highest BCUT2D eigenvalue weighted by Crippen LogP contribution is 2.37. The summed E-state index contributed by atoms with van der Waals surface area (Å²) >= 11 is 6.70. The number of nitrogens with one attached hydrogen (secondary N) is 1. The predicted octanol–water partition coefficient (Wildman–Crippen LogP) is 4.08. The maximum absolute atomic E-state index is 12.6. The summed E-state index contributed by atoms with van der Waals surface area (Å²) in [5, 5.41) is 2.91. The number of aromatic nitrogens is 1. The molecule has 3 heterocycles. The molecule has 1 atom stereocenters. The van der Waals surface area contributed by atoms with E-state index < -0.39 is 5.92 Å². The molecule has 7 heteroatoms. The van der Waals surface area contributed by atoms with E-state index in [0.29, 0.717) is 36.5 Å². The van der Waals surface area contributed by atoms with Gasteiger partial charge in [0.05, 0.1) is 16.5 Å². The second-order valence-electron chi connectivity index (χ2n) is 8.10. The van der Waals surface area contributed by atoms with Crippen LogP contribution in [0, 0.1) is 0 Å². The van der Waals surface area contributed by atoms with Gasteiger partial charge in [-0.15, -0.1) is 0 Å². The number of pyridine rings is 1. The Bertz CT molecular complexity index is 1240. The molecular weight excluding hydrogens is 426 g/mol. The van der Waals surface area contributed by atoms with Crippen LogP contribution in [-0.4, -0.2) is 27.6 Å². The average molecular weight is 446 g/mol. The summed E-state index contributed by atoms with van der Waals surface area (Å²) in [7, 11) is 0. The van der Waals surface area contributed by atoms with Gasteiger partial charge in [-0.1, -0.05) is 54.1 Å². The summed E-state index contributed by atoms with van der Waals surface area (Å²) < 4.78 is 0. The fourth-order valence-corrected chi connectivity index (χ4v) is 4.74. The molecule has 0 saturated carbocycles. The minimum atomic E-state index is -0.434. The van der Waals surface area contributed by atoms with Crippen molar-refractivity contribution in [3.05, 3.63) is 88.2 Å². The van der Waals surface area contributed by atoms with Crippen molar-refractivity contribution in [1.29, 1.82) is 0 Å². The third kappa shape index (κ3) is 3.67. The predicted molar refractivity (Wildman–Crippen MR) is 120 cm³/mol. The number of fused-ring (bicyclic) bond motifs is 1. The van der Waals surface area contributed by atoms with Crippen LogP contribution >= 0.6 is 11.6 Å². The molecule has 3 aromatic rings. The van der Waals surface area contributed by atoms with Crippen molar-refractivity contribution >= 4 is 29.3 Å². The zero-order chi connectivity index (χ0) is 22.2. The maximum Gasteiger partial charge on any atom is 0.256 e. The molecule has 5 rings (SSSR count). The van der Waals surface area contributed by atoms with Crippen molar-refractivity contribution in [2.75, 3.05) is 0 Å². The number of hydrogen-bond acceptors (Lipinski definition) is 4. The van der Waals surface area contributed by atoms with Crippen molar-refractivity contribution in [2.45, 2.75) is 31.8 Å². The minimum absolute atomic E-state index is 0.00263. The van der Waals surface area contributed by atoms with E-state index in [1.54, 1.807) is 17.3 Å². The van der Waals surface area contributed by atoms with Gasteiger partial charge in [0.25, 0.3) is 5.91 Å². The van der Waals surface area contributed by atoms with E-state index in [-0.39, 0.29) is 17.7 Å². The first-order valence-electron chi connectivity index (χ1n) is 10.4. The van der Waals surface area contributed by atoms with Crippen molar-refractivity contribution in [2.24, 2.45) is 0 Å². The zero-order valence-corrected chi connectivity index (χ0v) is 17.9. The molecule has 0 spiro atoms. The first-order chi connectivity index (χ1) is 15.5. The van der Waals surface area contributed by atoms with Crippen molar-refractivity contribution in [3.63, 3.8) is 0 Å². The number of imide groups is 1. The Morgan fingerprint density at radius 3 is 2.59 bits per heavy atom. The lowest BCUT2D eigenvalue weighted by atomic mass is 9.88. The third-order valence-corrected chi connectivity index (χ3v) is 6.49. The van der Waals surface area contributed by atoms with Crippen LogP contribution in [0.1, 0.15) is 45.8 Å². The van der Waals surface area contributed by atoms with E-state index in [1.165, 1.54) is 0 Å². The lowest BCUT2D eigenvalue weighted by Gasteiger charge is -2.23. The van der Waals surface area contributed by atoms with Crippen LogP contribution in [0.25, 0.3) is 11.1 Å². The number of carbonyl (C=O) groups excluding carboxylic acids is 3. The Labute approximate surface area is 190 Å². The van der Waals surface area contributed by atoms with Crippen LogP contribution in [0.3, 0.4) is 0 Å². The molecule has 32 heavy (non-hydrogen) atoms. The molecule has 0 bridgehead atoms. The highest BCUT2D eigenvalue weighted by Gasteiger charge is 2.30. The van der Waals surface area contributed by atoms with Gasteiger partial charge in [-0.2, -0.15) is 0 Å². The number of benzene rings is 2. The molecule has 0 aliphatic carbocycles. The molecule has 0 radical (unpaired) electrons. The molecule has 1 unspecified atom stereocenters. The summed E-state index contributed by atoms with van der Waals surface area (Å²) in [6.07, 6.45) is 4.09. The summed E-state index contributed by atoms with van der Waals surface area (Å²) in [5.74, 6) is -0.985. The Kier molecular flexibility index (Phi) is 5.23. The lowest BCUT2D eigenvalue weighted by Crippen LogP contribution is -2.39. The molecule has 1 fully saturated rings. The quantitative estimate of drug-likeness (QED) is 0.614. The van der Waals surface area contributed by atoms with Crippen LogP contribution in [0.15, 0.2) is 60.9 Å². The molecule has 1 N–H and O–H groups in total. The fourth-order valence-electron chi connectivity index (χ4n) is 4.37. The average Bonchev–Trinajstić information content (AvgIpc) is 3.10. The monoisotopic (exact) mass is 445 g/mol. The van der Waals surface area contributed by atoms with Gasteiger partial charge in [-0.05, 0) is 34.7 Å². The molecule has 3 amide bonds. The smallest absolute Gasteiger partial charge is 0.256 e. The molecule has 160 valence electrons. The molecule has 2 aliphatic heterocycles. The Hall–Kier alpha value is -3.51. The number of carbonyl (C=O) groups is 3. The second kappa shape index (κ2) is 8.20. The summed E-state index contributed by atoms with van der Waals surface area (Å²) in [5.41, 5.74) is 5.16. The van der Waals surface area contributed by atoms with E-state index in [9.17, 15) is 14.4 Å². The largest absolute Gasteiger partial charge is 0.330 e. The normalized spacial score (nSPS) is 18.0. The zero-order valence-electron chi connectivity index (χ0n) is 17.2. The van der Waals surface area contributed by atoms with Gasteiger partial charge in [0.1, 0.15) is 0 Å². The van der Waals surface area contributed by atoms with E-state index >= 15 is 0 Å². The molecule has 6 nitrogen and oxygen atoms in total. The highest BCUT2D eigenvalue weighted by atomic mass is 35.5. The number of amides is 3. The number of piperidine rings is 1. The van der Waals surface area contributed by atoms with E-state index in [4.69, 9.17) is 11.6 Å². The van der Waals surface area contributed by atoms with Gasteiger partial charge in [0.15, 0.2) is 0 Å². The summed E-state index contributed by atoms with van der Waals surface area (Å²) in [6, 6.07) is 15.4. The highest BCUT2D eigenvalue weighted by molar-refractivity contribution is 6.34. The Morgan fingerprint density at radius 2 is 1.84 bits per heavy atom. The third-order valence-electron chi connectivity index (χ3n) is 6.07. The molecule has 2 aliphatic rings. The van der Waals surface area contributed by atoms with Gasteiger partial charge >= 0.3 is 0 Å².